The predicted octanol–water partition coefficient (Wildman–Crippen LogP) is 3.79. The Balaban J connectivity index is 1.44. The maximum Gasteiger partial charge on any atom is 0.419 e. The van der Waals surface area contributed by atoms with Gasteiger partial charge in [-0.3, -0.25) is 14.7 Å². The van der Waals surface area contributed by atoms with Gasteiger partial charge in [0.1, 0.15) is 0 Å². The van der Waals surface area contributed by atoms with E-state index in [1.165, 1.54) is 22.8 Å². The minimum absolute atomic E-state index is 0.0748. The van der Waals surface area contributed by atoms with Crippen molar-refractivity contribution in [3.63, 3.8) is 0 Å². The summed E-state index contributed by atoms with van der Waals surface area (Å²) in [6.45, 7) is 2.42. The van der Waals surface area contributed by atoms with E-state index >= 15 is 0 Å². The van der Waals surface area contributed by atoms with E-state index in [2.05, 4.69) is 16.3 Å². The normalized spacial score (nSPS) is 11.3. The van der Waals surface area contributed by atoms with Gasteiger partial charge in [0.15, 0.2) is 16.6 Å². The van der Waals surface area contributed by atoms with Crippen LogP contribution in [0.4, 0.5) is 5.69 Å². The number of fused-ring (bicyclic) bond motifs is 1. The minimum Gasteiger partial charge on any atom is -0.408 e. The molecule has 0 bridgehead atoms. The number of nitrogens with zero attached hydrogens (tertiary/aromatic N) is 5. The number of benzene rings is 2. The molecule has 0 saturated heterocycles. The summed E-state index contributed by atoms with van der Waals surface area (Å²) in [6, 6.07) is 12.2. The lowest BCUT2D eigenvalue weighted by molar-refractivity contribution is -0.384. The first kappa shape index (κ1) is 19.9. The highest BCUT2D eigenvalue weighted by atomic mass is 32.2. The van der Waals surface area contributed by atoms with Crippen LogP contribution in [-0.2, 0) is 13.6 Å². The van der Waals surface area contributed by atoms with Gasteiger partial charge < -0.3 is 8.98 Å². The van der Waals surface area contributed by atoms with Gasteiger partial charge in [0.2, 0.25) is 0 Å². The molecule has 0 aliphatic carbocycles. The Kier molecular flexibility index (Phi) is 5.40. The number of hydrogen-bond donors (Lipinski definition) is 0. The molecule has 0 radical (unpaired) electrons. The molecule has 2 aromatic carbocycles. The average Bonchev–Trinajstić information content (AvgIpc) is 3.24. The van der Waals surface area contributed by atoms with E-state index in [0.717, 1.165) is 22.1 Å². The van der Waals surface area contributed by atoms with E-state index in [1.54, 1.807) is 11.8 Å². The molecular weight excluding hydrogens is 406 g/mol. The van der Waals surface area contributed by atoms with E-state index in [0.29, 0.717) is 29.8 Å². The molecular formula is C20H19N5O4S. The molecule has 0 N–H and O–H groups in total. The maximum atomic E-state index is 12.1. The maximum absolute atomic E-state index is 12.1. The van der Waals surface area contributed by atoms with Gasteiger partial charge >= 0.3 is 5.76 Å². The number of nitro groups is 1. The van der Waals surface area contributed by atoms with Crippen LogP contribution in [0.5, 0.6) is 0 Å². The third kappa shape index (κ3) is 3.86. The molecule has 0 saturated carbocycles. The van der Waals surface area contributed by atoms with Gasteiger partial charge in [-0.15, -0.1) is 10.2 Å². The van der Waals surface area contributed by atoms with Gasteiger partial charge in [-0.05, 0) is 25.5 Å². The summed E-state index contributed by atoms with van der Waals surface area (Å²) in [5.74, 6) is 0.981. The van der Waals surface area contributed by atoms with Gasteiger partial charge in [-0.25, -0.2) is 4.79 Å². The van der Waals surface area contributed by atoms with Crippen LogP contribution in [0.2, 0.25) is 0 Å². The van der Waals surface area contributed by atoms with E-state index in [-0.39, 0.29) is 5.69 Å². The average molecular weight is 425 g/mol. The molecule has 0 aliphatic heterocycles. The van der Waals surface area contributed by atoms with Crippen LogP contribution in [0.1, 0.15) is 12.0 Å². The summed E-state index contributed by atoms with van der Waals surface area (Å²) >= 11 is 1.54. The van der Waals surface area contributed by atoms with Crippen LogP contribution in [-0.4, -0.2) is 30.0 Å². The molecule has 0 amide bonds. The van der Waals surface area contributed by atoms with E-state index in [9.17, 15) is 14.9 Å². The zero-order valence-electron chi connectivity index (χ0n) is 16.4. The van der Waals surface area contributed by atoms with Crippen LogP contribution >= 0.6 is 11.8 Å². The van der Waals surface area contributed by atoms with Crippen LogP contribution in [0.25, 0.3) is 22.5 Å². The summed E-state index contributed by atoms with van der Waals surface area (Å²) < 4.78 is 8.56. The second-order valence-electron chi connectivity index (χ2n) is 6.87. The molecule has 2 aromatic heterocycles. The predicted molar refractivity (Wildman–Crippen MR) is 114 cm³/mol. The number of non-ortho nitro benzene ring substituents is 1. The standard InChI is InChI=1S/C20H19N5O4S/c1-13-5-3-6-14(11-13)18-21-22-19(23(18)2)30-10-4-9-24-16-12-15(25(27)28)7-8-17(16)29-20(24)26/h3,5-8,11-12H,4,9-10H2,1-2H3. The number of hydrogen-bond acceptors (Lipinski definition) is 7. The molecule has 9 nitrogen and oxygen atoms in total. The fourth-order valence-corrected chi connectivity index (χ4v) is 4.07. The fourth-order valence-electron chi connectivity index (χ4n) is 3.24. The molecule has 4 aromatic rings. The summed E-state index contributed by atoms with van der Waals surface area (Å²) in [7, 11) is 1.92. The quantitative estimate of drug-likeness (QED) is 0.192. The first-order valence-electron chi connectivity index (χ1n) is 9.31. The Labute approximate surface area is 175 Å². The van der Waals surface area contributed by atoms with E-state index < -0.39 is 10.7 Å². The van der Waals surface area contributed by atoms with Crippen molar-refractivity contribution < 1.29 is 9.34 Å². The molecule has 0 fully saturated rings. The van der Waals surface area contributed by atoms with Crippen molar-refractivity contribution >= 4 is 28.5 Å². The van der Waals surface area contributed by atoms with Crippen LogP contribution in [0, 0.1) is 17.0 Å². The lowest BCUT2D eigenvalue weighted by Crippen LogP contribution is -2.14. The Hall–Kier alpha value is -3.40. The number of thioether (sulfide) groups is 1. The molecule has 30 heavy (non-hydrogen) atoms. The Morgan fingerprint density at radius 2 is 2.03 bits per heavy atom. The van der Waals surface area contributed by atoms with Gasteiger partial charge in [-0.2, -0.15) is 0 Å². The summed E-state index contributed by atoms with van der Waals surface area (Å²) in [5.41, 5.74) is 2.86. The third-order valence-corrected chi connectivity index (χ3v) is 5.84. The second kappa shape index (κ2) is 8.15. The number of nitro benzene ring substituents is 1. The van der Waals surface area contributed by atoms with Crippen molar-refractivity contribution in [2.45, 2.75) is 25.0 Å². The van der Waals surface area contributed by atoms with Gasteiger partial charge in [0.25, 0.3) is 5.69 Å². The van der Waals surface area contributed by atoms with Crippen molar-refractivity contribution in [3.05, 3.63) is 68.7 Å². The monoisotopic (exact) mass is 425 g/mol. The van der Waals surface area contributed by atoms with Crippen molar-refractivity contribution in [2.24, 2.45) is 7.05 Å². The van der Waals surface area contributed by atoms with Crippen LogP contribution in [0.15, 0.2) is 56.8 Å². The smallest absolute Gasteiger partial charge is 0.408 e. The Bertz CT molecular complexity index is 1290. The molecule has 0 atom stereocenters. The molecule has 2 heterocycles. The molecule has 154 valence electrons. The highest BCUT2D eigenvalue weighted by Gasteiger charge is 2.15. The molecule has 0 unspecified atom stereocenters. The number of aromatic nitrogens is 4. The first-order valence-corrected chi connectivity index (χ1v) is 10.3. The summed E-state index contributed by atoms with van der Waals surface area (Å²) in [4.78, 5) is 22.6. The Morgan fingerprint density at radius 1 is 1.20 bits per heavy atom. The molecule has 4 rings (SSSR count). The number of oxazole rings is 1. The molecule has 0 spiro atoms. The number of rotatable bonds is 7. The highest BCUT2D eigenvalue weighted by molar-refractivity contribution is 7.99. The van der Waals surface area contributed by atoms with Crippen molar-refractivity contribution in [2.75, 3.05) is 5.75 Å². The van der Waals surface area contributed by atoms with Crippen molar-refractivity contribution in [1.82, 2.24) is 19.3 Å². The van der Waals surface area contributed by atoms with Crippen LogP contribution < -0.4 is 5.76 Å². The van der Waals surface area contributed by atoms with E-state index in [4.69, 9.17) is 4.42 Å². The fraction of sp³-hybridized carbons (Fsp3) is 0.250. The Morgan fingerprint density at radius 3 is 2.80 bits per heavy atom. The van der Waals surface area contributed by atoms with Gasteiger partial charge in [0, 0.05) is 37.0 Å². The summed E-state index contributed by atoms with van der Waals surface area (Å²) in [5, 5.41) is 20.4. The molecule has 10 heteroatoms. The second-order valence-corrected chi connectivity index (χ2v) is 7.93. The third-order valence-electron chi connectivity index (χ3n) is 4.73. The molecule has 0 aliphatic rings. The largest absolute Gasteiger partial charge is 0.419 e. The van der Waals surface area contributed by atoms with Crippen molar-refractivity contribution in [3.8, 4) is 11.4 Å². The van der Waals surface area contributed by atoms with Crippen LogP contribution in [0.3, 0.4) is 0 Å². The zero-order chi connectivity index (χ0) is 21.3. The lowest BCUT2D eigenvalue weighted by atomic mass is 10.1. The summed E-state index contributed by atoms with van der Waals surface area (Å²) in [6.07, 6.45) is 0.661. The lowest BCUT2D eigenvalue weighted by Gasteiger charge is -2.05. The van der Waals surface area contributed by atoms with Crippen molar-refractivity contribution in [1.29, 1.82) is 0 Å². The zero-order valence-corrected chi connectivity index (χ0v) is 17.3. The number of aryl methyl sites for hydroxylation is 2. The SMILES string of the molecule is Cc1cccc(-c2nnc(SCCCn3c(=O)oc4ccc([N+](=O)[O-])cc43)n2C)c1. The minimum atomic E-state index is -0.518. The first-order chi connectivity index (χ1) is 14.4. The topological polar surface area (TPSA) is 109 Å². The van der Waals surface area contributed by atoms with Gasteiger partial charge in [0.05, 0.1) is 10.4 Å². The van der Waals surface area contributed by atoms with E-state index in [1.807, 2.05) is 36.7 Å². The highest BCUT2D eigenvalue weighted by Crippen LogP contribution is 2.24. The van der Waals surface area contributed by atoms with Gasteiger partial charge in [-0.1, -0.05) is 35.5 Å².